The summed E-state index contributed by atoms with van der Waals surface area (Å²) < 4.78 is 12.3. The molecule has 296 valence electrons. The number of fused-ring (bicyclic) bond motifs is 12. The van der Waals surface area contributed by atoms with Crippen molar-refractivity contribution in [2.45, 2.75) is 12.3 Å². The lowest BCUT2D eigenvalue weighted by atomic mass is 9.91. The van der Waals surface area contributed by atoms with Gasteiger partial charge in [0.25, 0.3) is 0 Å². The van der Waals surface area contributed by atoms with Crippen LogP contribution in [0, 0.1) is 0 Å². The quantitative estimate of drug-likeness (QED) is 0.157. The first-order valence-electron chi connectivity index (χ1n) is 21.8. The van der Waals surface area contributed by atoms with E-state index in [0.29, 0.717) is 0 Å². The molecule has 1 atom stereocenters. The average Bonchev–Trinajstić information content (AvgIpc) is 3.92. The van der Waals surface area contributed by atoms with E-state index in [1.807, 2.05) is 18.2 Å². The van der Waals surface area contributed by atoms with Crippen molar-refractivity contribution < 1.29 is 8.83 Å². The van der Waals surface area contributed by atoms with Crippen LogP contribution in [0.3, 0.4) is 0 Å². The van der Waals surface area contributed by atoms with Crippen LogP contribution < -0.4 is 15.5 Å². The molecule has 0 bridgehead atoms. The van der Waals surface area contributed by atoms with Gasteiger partial charge in [0.15, 0.2) is 0 Å². The van der Waals surface area contributed by atoms with Crippen LogP contribution in [0.25, 0.3) is 99.6 Å². The molecule has 0 spiro atoms. The van der Waals surface area contributed by atoms with Crippen molar-refractivity contribution in [3.05, 3.63) is 222 Å². The molecule has 0 aliphatic heterocycles. The first-order valence-corrected chi connectivity index (χ1v) is 21.8. The normalized spacial score (nSPS) is 13.7. The average molecular weight is 806 g/mol. The maximum atomic E-state index is 6.19. The summed E-state index contributed by atoms with van der Waals surface area (Å²) in [5.74, 6) is 0.259. The molecule has 1 aliphatic carbocycles. The maximum absolute atomic E-state index is 6.19. The number of hydrogen-bond acceptors (Lipinski definition) is 3. The van der Waals surface area contributed by atoms with Crippen molar-refractivity contribution in [1.82, 2.24) is 0 Å². The van der Waals surface area contributed by atoms with E-state index in [0.717, 1.165) is 67.5 Å². The summed E-state index contributed by atoms with van der Waals surface area (Å²) in [5, 5.41) is 12.3. The highest BCUT2D eigenvalue weighted by Gasteiger charge is 2.19. The topological polar surface area (TPSA) is 29.5 Å². The third kappa shape index (κ3) is 5.89. The van der Waals surface area contributed by atoms with Gasteiger partial charge in [0.05, 0.1) is 0 Å². The molecule has 0 saturated carbocycles. The molecule has 3 nitrogen and oxygen atoms in total. The fourth-order valence-electron chi connectivity index (χ4n) is 10.1. The smallest absolute Gasteiger partial charge is 0.135 e. The van der Waals surface area contributed by atoms with Gasteiger partial charge in [-0.05, 0) is 139 Å². The third-order valence-electron chi connectivity index (χ3n) is 13.2. The predicted molar refractivity (Wildman–Crippen MR) is 264 cm³/mol. The highest BCUT2D eigenvalue weighted by Crippen LogP contribution is 2.41. The molecule has 0 fully saturated rings. The largest absolute Gasteiger partial charge is 0.456 e. The second kappa shape index (κ2) is 14.2. The zero-order chi connectivity index (χ0) is 41.4. The Morgan fingerprint density at radius 2 is 0.873 bits per heavy atom. The van der Waals surface area contributed by atoms with Crippen LogP contribution in [-0.4, -0.2) is 0 Å². The number of anilines is 3. The molecular formula is C60H39NO2. The number of para-hydroxylation sites is 2. The Morgan fingerprint density at radius 3 is 1.60 bits per heavy atom. The Labute approximate surface area is 363 Å². The van der Waals surface area contributed by atoms with Crippen LogP contribution in [0.2, 0.25) is 0 Å². The van der Waals surface area contributed by atoms with Crippen molar-refractivity contribution in [3.63, 3.8) is 0 Å². The second-order valence-electron chi connectivity index (χ2n) is 16.8. The first kappa shape index (κ1) is 35.6. The molecule has 2 aromatic heterocycles. The second-order valence-corrected chi connectivity index (χ2v) is 16.8. The predicted octanol–water partition coefficient (Wildman–Crippen LogP) is 15.3. The lowest BCUT2D eigenvalue weighted by Crippen LogP contribution is -2.24. The zero-order valence-electron chi connectivity index (χ0n) is 34.3. The number of hydrogen-bond donors (Lipinski definition) is 0. The maximum Gasteiger partial charge on any atom is 0.135 e. The van der Waals surface area contributed by atoms with E-state index < -0.39 is 0 Å². The monoisotopic (exact) mass is 805 g/mol. The van der Waals surface area contributed by atoms with Gasteiger partial charge in [-0.1, -0.05) is 146 Å². The van der Waals surface area contributed by atoms with Gasteiger partial charge in [-0.3, -0.25) is 0 Å². The highest BCUT2D eigenvalue weighted by atomic mass is 16.3. The molecule has 12 aromatic rings. The standard InChI is InChI=1S/C60H39NO2/c1-2-14-49-47(12-1)48-13-3-4-15-50(48)54-35-43(24-31-51(49)54)40-10-9-11-46(34-40)61(44-27-20-38(21-28-44)41-25-32-59-55(36-41)52-16-5-7-18-57(52)62-59)45-29-22-39(23-30-45)42-26-33-60-56(37-42)53-17-6-8-19-58(53)63-60/h1-25,27-37,42H,26H2. The van der Waals surface area contributed by atoms with Gasteiger partial charge in [-0.15, -0.1) is 0 Å². The lowest BCUT2D eigenvalue weighted by molar-refractivity contribution is 0.570. The van der Waals surface area contributed by atoms with Crippen molar-refractivity contribution in [3.8, 4) is 22.3 Å². The van der Waals surface area contributed by atoms with E-state index >= 15 is 0 Å². The highest BCUT2D eigenvalue weighted by molar-refractivity contribution is 6.25. The van der Waals surface area contributed by atoms with Crippen molar-refractivity contribution in [2.24, 2.45) is 0 Å². The summed E-state index contributed by atoms with van der Waals surface area (Å²) in [6.45, 7) is 0. The van der Waals surface area contributed by atoms with Crippen LogP contribution in [-0.2, 0) is 0 Å². The van der Waals surface area contributed by atoms with E-state index in [2.05, 4.69) is 205 Å². The van der Waals surface area contributed by atoms with E-state index in [1.54, 1.807) is 0 Å². The molecule has 0 amide bonds. The number of furan rings is 2. The molecule has 13 rings (SSSR count). The molecule has 3 heteroatoms. The Kier molecular flexibility index (Phi) is 8.04. The van der Waals surface area contributed by atoms with Crippen molar-refractivity contribution in [2.75, 3.05) is 4.90 Å². The van der Waals surface area contributed by atoms with Crippen LogP contribution >= 0.6 is 0 Å². The van der Waals surface area contributed by atoms with E-state index in [1.165, 1.54) is 59.6 Å². The summed E-state index contributed by atoms with van der Waals surface area (Å²) >= 11 is 0. The Bertz CT molecular complexity index is 3860. The molecule has 0 saturated heterocycles. The molecule has 0 N–H and O–H groups in total. The van der Waals surface area contributed by atoms with Gasteiger partial charge in [-0.25, -0.2) is 0 Å². The van der Waals surface area contributed by atoms with E-state index in [4.69, 9.17) is 8.83 Å². The zero-order valence-corrected chi connectivity index (χ0v) is 34.3. The Balaban J connectivity index is 0.912. The molecule has 0 radical (unpaired) electrons. The molecule has 10 aromatic carbocycles. The Hall–Kier alpha value is -8.14. The third-order valence-corrected chi connectivity index (χ3v) is 13.2. The van der Waals surface area contributed by atoms with E-state index in [9.17, 15) is 0 Å². The first-order chi connectivity index (χ1) is 31.2. The summed E-state index contributed by atoms with van der Waals surface area (Å²) in [6, 6.07) is 74.7. The molecule has 1 unspecified atom stereocenters. The summed E-state index contributed by atoms with van der Waals surface area (Å²) in [4.78, 5) is 2.38. The summed E-state index contributed by atoms with van der Waals surface area (Å²) in [5.41, 5.74) is 13.0. The summed E-state index contributed by atoms with van der Waals surface area (Å²) in [7, 11) is 0. The van der Waals surface area contributed by atoms with Gasteiger partial charge in [0.1, 0.15) is 22.2 Å². The van der Waals surface area contributed by atoms with Gasteiger partial charge in [0.2, 0.25) is 0 Å². The van der Waals surface area contributed by atoms with Gasteiger partial charge >= 0.3 is 0 Å². The van der Waals surface area contributed by atoms with Crippen LogP contribution in [0.15, 0.2) is 215 Å². The van der Waals surface area contributed by atoms with E-state index in [-0.39, 0.29) is 5.92 Å². The fraction of sp³-hybridized carbons (Fsp3) is 0.0333. The minimum absolute atomic E-state index is 0.259. The van der Waals surface area contributed by atoms with Crippen molar-refractivity contribution in [1.29, 1.82) is 0 Å². The van der Waals surface area contributed by atoms with Crippen molar-refractivity contribution >= 4 is 94.4 Å². The van der Waals surface area contributed by atoms with Crippen LogP contribution in [0.5, 0.6) is 0 Å². The lowest BCUT2D eigenvalue weighted by Gasteiger charge is -2.27. The summed E-state index contributed by atoms with van der Waals surface area (Å²) in [6.07, 6.45) is 5.53. The number of rotatable bonds is 6. The SMILES string of the molecule is C1=c2oc3ccccc3c2=CC(c2ccc(N(c3ccc(-c4ccc5oc6ccccc6c5c4)cc3)c3cccc(-c4ccc5c6ccccc6c6ccccc6c5c4)c3)cc2)C1. The van der Waals surface area contributed by atoms with Crippen LogP contribution in [0.4, 0.5) is 17.1 Å². The molecule has 63 heavy (non-hydrogen) atoms. The fourth-order valence-corrected chi connectivity index (χ4v) is 10.1. The van der Waals surface area contributed by atoms with Gasteiger partial charge < -0.3 is 13.7 Å². The number of benzene rings is 10. The minimum atomic E-state index is 0.259. The van der Waals surface area contributed by atoms with Gasteiger partial charge in [0, 0.05) is 44.4 Å². The molecular weight excluding hydrogens is 767 g/mol. The van der Waals surface area contributed by atoms with Gasteiger partial charge in [-0.2, -0.15) is 0 Å². The molecule has 1 aliphatic rings. The minimum Gasteiger partial charge on any atom is -0.456 e. The Morgan fingerprint density at radius 1 is 0.349 bits per heavy atom. The number of nitrogens with zero attached hydrogens (tertiary/aromatic N) is 1. The van der Waals surface area contributed by atoms with Crippen LogP contribution in [0.1, 0.15) is 17.9 Å². The molecule has 2 heterocycles.